The van der Waals surface area contributed by atoms with Gasteiger partial charge in [-0.25, -0.2) is 0 Å². The number of nitrogens with zero attached hydrogens (tertiary/aromatic N) is 9. The SMILES string of the molecule is CC(C)(C)c1cc(-c2cc(C(C)(C)C)nc(C(C)(C)C)c2)c(N2c3cc(-n4c5ccc(C(C)(C)C)cc5c5cc(C(C)(C)C)ccc54)ccc3B3c4ccc(-n5c6ccc(C#N)cc6c6cc(C(C)(C)C)ccc65)cc4N(c4c(-c5cccc(C(C)(C)C)n5)cc(C(C)(C)C)cc4-c4cccc(C(C)(C)C)n4)c4cc(C(C)(C)C)cc2c43)c(-c2cc(C(C)(C)C)nc(C(C)(C)C)c2)c1. The van der Waals surface area contributed by atoms with Gasteiger partial charge in [0.2, 0.25) is 0 Å². The van der Waals surface area contributed by atoms with Crippen LogP contribution in [0.4, 0.5) is 34.1 Å². The van der Waals surface area contributed by atoms with Crippen LogP contribution in [0.1, 0.15) is 322 Å². The molecule has 0 unspecified atom stereocenters. The van der Waals surface area contributed by atoms with E-state index in [0.29, 0.717) is 5.56 Å². The quantitative estimate of drug-likeness (QED) is 0.140. The zero-order valence-electron chi connectivity index (χ0n) is 86.7. The Morgan fingerprint density at radius 2 is 0.541 bits per heavy atom. The number of rotatable bonds is 8. The molecule has 133 heavy (non-hydrogen) atoms. The van der Waals surface area contributed by atoms with Gasteiger partial charge in [0, 0.05) is 145 Å². The number of aromatic nitrogens is 6. The standard InChI is InChI=1S/C123H142BN9/c1-112(2,3)75-44-52-96-86(60-75)85-55-72(71-125)43-51-95(85)130(96)81-47-50-92-100(70-81)133(111-89(93-39-37-41-103(126-93)118(19,20)21)65-79(116(13,14)15)66-90(111)94-40-38-42-104(127-94)119(22,23)24)102-68-80(117(16,17)18)67-101-109(102)124(92)91-49-48-82(131-97-53-45-76(113(4,5)6)61-87(97)88-62-77(114(7,8)9)46-54-98(88)131)69-99(91)132(101)110-83(73-56-105(120(25,26)27)128-106(57-73)121(28,29)30)63-78(115(10,11)12)64-84(110)74-58-107(122(31,32)33)129-108(59-74)123(34,35)36/h37-70H,1-36H3. The number of pyridine rings is 4. The molecule has 15 aromatic rings. The number of hydrogen-bond donors (Lipinski definition) is 0. The van der Waals surface area contributed by atoms with Crippen molar-refractivity contribution in [2.45, 2.75) is 314 Å². The highest BCUT2D eigenvalue weighted by atomic mass is 15.2. The molecular formula is C123H142BN9. The summed E-state index contributed by atoms with van der Waals surface area (Å²) in [5.41, 5.74) is 34.9. The molecule has 0 saturated heterocycles. The van der Waals surface area contributed by atoms with E-state index in [1.807, 2.05) is 6.07 Å². The van der Waals surface area contributed by atoms with Gasteiger partial charge in [-0.2, -0.15) is 5.26 Å². The molecule has 9 nitrogen and oxygen atoms in total. The summed E-state index contributed by atoms with van der Waals surface area (Å²) in [6.07, 6.45) is 0. The lowest BCUT2D eigenvalue weighted by molar-refractivity contribution is 0.531. The molecule has 0 spiro atoms. The molecule has 0 saturated carbocycles. The Bertz CT molecular complexity index is 7010. The molecule has 0 radical (unpaired) electrons. The van der Waals surface area contributed by atoms with E-state index in [0.717, 1.165) is 168 Å². The number of benzene rings is 9. The number of hydrogen-bond acceptors (Lipinski definition) is 7. The van der Waals surface area contributed by atoms with Gasteiger partial charge in [0.15, 0.2) is 0 Å². The fraction of sp³-hybridized carbons (Fsp3) is 0.390. The molecule has 0 fully saturated rings. The zero-order chi connectivity index (χ0) is 96.6. The summed E-state index contributed by atoms with van der Waals surface area (Å²) in [5.74, 6) is 0. The minimum atomic E-state index is -0.474. The number of nitriles is 1. The summed E-state index contributed by atoms with van der Waals surface area (Å²) < 4.78 is 5.05. The maximum atomic E-state index is 10.9. The van der Waals surface area contributed by atoms with Crippen LogP contribution in [0.25, 0.3) is 99.8 Å². The molecular weight excluding hydrogens is 1610 g/mol. The summed E-state index contributed by atoms with van der Waals surface area (Å²) in [4.78, 5) is 28.9. The Morgan fingerprint density at radius 1 is 0.248 bits per heavy atom. The van der Waals surface area contributed by atoms with E-state index >= 15 is 0 Å². The molecule has 0 aliphatic carbocycles. The van der Waals surface area contributed by atoms with E-state index in [4.69, 9.17) is 19.9 Å². The minimum absolute atomic E-state index is 0.116. The van der Waals surface area contributed by atoms with Crippen LogP contribution in [-0.4, -0.2) is 35.8 Å². The summed E-state index contributed by atoms with van der Waals surface area (Å²) in [6.45, 7) is 83.5. The highest BCUT2D eigenvalue weighted by Gasteiger charge is 2.48. The van der Waals surface area contributed by atoms with E-state index in [1.165, 1.54) is 49.6 Å². The summed E-state index contributed by atoms with van der Waals surface area (Å²) in [5, 5.41) is 15.4. The van der Waals surface area contributed by atoms with Gasteiger partial charge in [0.05, 0.1) is 56.5 Å². The Kier molecular flexibility index (Phi) is 21.9. The van der Waals surface area contributed by atoms with Gasteiger partial charge in [-0.05, 0) is 257 Å². The van der Waals surface area contributed by atoms with Crippen LogP contribution in [0.3, 0.4) is 0 Å². The average molecular weight is 1760 g/mol. The molecule has 9 aromatic carbocycles. The van der Waals surface area contributed by atoms with Crippen molar-refractivity contribution in [3.63, 3.8) is 0 Å². The second kappa shape index (κ2) is 31.2. The largest absolute Gasteiger partial charge is 0.310 e. The third kappa shape index (κ3) is 16.8. The Hall–Kier alpha value is -11.7. The summed E-state index contributed by atoms with van der Waals surface area (Å²) in [6, 6.07) is 83.7. The van der Waals surface area contributed by atoms with Gasteiger partial charge in [0.1, 0.15) is 0 Å². The third-order valence-electron chi connectivity index (χ3n) is 28.0. The molecule has 0 amide bonds. The lowest BCUT2D eigenvalue weighted by atomic mass is 9.33. The van der Waals surface area contributed by atoms with Crippen LogP contribution in [-0.2, 0) is 65.0 Å². The van der Waals surface area contributed by atoms with Crippen molar-refractivity contribution < 1.29 is 0 Å². The van der Waals surface area contributed by atoms with Crippen molar-refractivity contribution in [1.82, 2.24) is 29.1 Å². The van der Waals surface area contributed by atoms with E-state index in [2.05, 4.69) is 474 Å². The normalized spacial score (nSPS) is 14.0. The van der Waals surface area contributed by atoms with Crippen LogP contribution in [0.5, 0.6) is 0 Å². The highest BCUT2D eigenvalue weighted by Crippen LogP contribution is 2.57. The summed E-state index contributed by atoms with van der Waals surface area (Å²) in [7, 11) is 0. The lowest BCUT2D eigenvalue weighted by Crippen LogP contribution is -2.61. The van der Waals surface area contributed by atoms with E-state index in [1.54, 1.807) is 0 Å². The van der Waals surface area contributed by atoms with Crippen molar-refractivity contribution >= 4 is 101 Å². The minimum Gasteiger partial charge on any atom is -0.310 e. The maximum Gasteiger partial charge on any atom is 0.252 e. The molecule has 10 heteroatoms. The maximum absolute atomic E-state index is 10.9. The molecule has 2 aliphatic rings. The molecule has 0 atom stereocenters. The van der Waals surface area contributed by atoms with Gasteiger partial charge < -0.3 is 18.9 Å². The van der Waals surface area contributed by atoms with Crippen molar-refractivity contribution in [2.24, 2.45) is 0 Å². The lowest BCUT2D eigenvalue weighted by Gasteiger charge is -2.47. The Labute approximate surface area is 795 Å². The zero-order valence-corrected chi connectivity index (χ0v) is 86.7. The third-order valence-corrected chi connectivity index (χ3v) is 28.0. The molecule has 0 bridgehead atoms. The van der Waals surface area contributed by atoms with Crippen LogP contribution < -0.4 is 26.2 Å². The molecule has 6 aromatic heterocycles. The molecule has 682 valence electrons. The Morgan fingerprint density at radius 3 is 0.850 bits per heavy atom. The molecule has 17 rings (SSSR count). The van der Waals surface area contributed by atoms with Gasteiger partial charge in [-0.15, -0.1) is 0 Å². The number of fused-ring (bicyclic) bond motifs is 10. The van der Waals surface area contributed by atoms with Crippen LogP contribution in [0.15, 0.2) is 206 Å². The second-order valence-corrected chi connectivity index (χ2v) is 51.1. The van der Waals surface area contributed by atoms with Crippen molar-refractivity contribution in [1.29, 1.82) is 5.26 Å². The summed E-state index contributed by atoms with van der Waals surface area (Å²) >= 11 is 0. The van der Waals surface area contributed by atoms with Gasteiger partial charge >= 0.3 is 0 Å². The van der Waals surface area contributed by atoms with Crippen LogP contribution in [0.2, 0.25) is 0 Å². The molecule has 2 aliphatic heterocycles. The van der Waals surface area contributed by atoms with Gasteiger partial charge in [-0.1, -0.05) is 292 Å². The highest BCUT2D eigenvalue weighted by molar-refractivity contribution is 7.00. The fourth-order valence-corrected chi connectivity index (χ4v) is 19.6. The van der Waals surface area contributed by atoms with E-state index < -0.39 is 12.1 Å². The predicted molar refractivity (Wildman–Crippen MR) is 571 cm³/mol. The van der Waals surface area contributed by atoms with E-state index in [-0.39, 0.29) is 59.6 Å². The first kappa shape index (κ1) is 93.2. The Balaban J connectivity index is 1.14. The van der Waals surface area contributed by atoms with Crippen molar-refractivity contribution in [3.8, 4) is 62.2 Å². The topological polar surface area (TPSA) is 91.7 Å². The first-order valence-electron chi connectivity index (χ1n) is 48.5. The van der Waals surface area contributed by atoms with Crippen LogP contribution in [0, 0.1) is 11.3 Å². The fourth-order valence-electron chi connectivity index (χ4n) is 19.6. The smallest absolute Gasteiger partial charge is 0.252 e. The molecule has 8 heterocycles. The predicted octanol–water partition coefficient (Wildman–Crippen LogP) is 31.7. The average Bonchev–Trinajstić information content (AvgIpc) is 0.767. The monoisotopic (exact) mass is 1760 g/mol. The van der Waals surface area contributed by atoms with E-state index in [9.17, 15) is 5.26 Å². The molecule has 0 N–H and O–H groups in total. The second-order valence-electron chi connectivity index (χ2n) is 51.1. The van der Waals surface area contributed by atoms with Gasteiger partial charge in [0.25, 0.3) is 6.71 Å². The number of anilines is 6. The van der Waals surface area contributed by atoms with Crippen molar-refractivity contribution in [2.75, 3.05) is 9.80 Å². The van der Waals surface area contributed by atoms with Crippen LogP contribution >= 0.6 is 0 Å². The van der Waals surface area contributed by atoms with Gasteiger partial charge in [-0.3, -0.25) is 19.9 Å². The first-order chi connectivity index (χ1) is 61.4. The van der Waals surface area contributed by atoms with Crippen molar-refractivity contribution in [3.05, 3.63) is 279 Å². The first-order valence-corrected chi connectivity index (χ1v) is 48.5.